The van der Waals surface area contributed by atoms with Gasteiger partial charge >= 0.3 is 6.03 Å². The lowest BCUT2D eigenvalue weighted by Gasteiger charge is -2.23. The maximum absolute atomic E-state index is 11.3. The summed E-state index contributed by atoms with van der Waals surface area (Å²) in [7, 11) is 0. The van der Waals surface area contributed by atoms with Gasteiger partial charge in [-0.2, -0.15) is 0 Å². The number of imide groups is 1. The largest absolute Gasteiger partial charge is 0.378 e. The Morgan fingerprint density at radius 2 is 2.24 bits per heavy atom. The third-order valence-electron chi connectivity index (χ3n) is 2.83. The Kier molecular flexibility index (Phi) is 5.93. The van der Waals surface area contributed by atoms with Gasteiger partial charge in [0.05, 0.1) is 12.1 Å². The van der Waals surface area contributed by atoms with Crippen molar-refractivity contribution in [2.45, 2.75) is 44.8 Å². The molecule has 2 atom stereocenters. The number of rotatable bonds is 5. The van der Waals surface area contributed by atoms with Gasteiger partial charge in [-0.1, -0.05) is 0 Å². The van der Waals surface area contributed by atoms with Crippen LogP contribution in [0.1, 0.15) is 32.6 Å². The van der Waals surface area contributed by atoms with E-state index in [4.69, 9.17) is 10.5 Å². The lowest BCUT2D eigenvalue weighted by atomic mass is 10.1. The monoisotopic (exact) mass is 243 g/mol. The Hall–Kier alpha value is -1.14. The molecule has 0 spiro atoms. The topological polar surface area (TPSA) is 93.4 Å². The van der Waals surface area contributed by atoms with Crippen LogP contribution in [0.4, 0.5) is 4.79 Å². The number of nitrogens with one attached hydrogen (secondary N) is 2. The van der Waals surface area contributed by atoms with Crippen molar-refractivity contribution in [3.8, 4) is 0 Å². The number of hydrogen-bond acceptors (Lipinski definition) is 4. The van der Waals surface area contributed by atoms with Crippen LogP contribution in [0.5, 0.6) is 0 Å². The first kappa shape index (κ1) is 13.9. The van der Waals surface area contributed by atoms with Gasteiger partial charge in [0.25, 0.3) is 0 Å². The van der Waals surface area contributed by atoms with Crippen molar-refractivity contribution in [3.63, 3.8) is 0 Å². The average Bonchev–Trinajstić information content (AvgIpc) is 2.29. The molecule has 2 unspecified atom stereocenters. The van der Waals surface area contributed by atoms with Crippen LogP contribution in [0, 0.1) is 0 Å². The second-order valence-electron chi connectivity index (χ2n) is 4.31. The summed E-state index contributed by atoms with van der Waals surface area (Å²) in [5.41, 5.74) is 4.86. The molecular formula is C11H21N3O3. The molecule has 1 saturated heterocycles. The summed E-state index contributed by atoms with van der Waals surface area (Å²) in [4.78, 5) is 21.8. The van der Waals surface area contributed by atoms with Crippen molar-refractivity contribution in [1.29, 1.82) is 0 Å². The van der Waals surface area contributed by atoms with E-state index in [9.17, 15) is 9.59 Å². The van der Waals surface area contributed by atoms with Crippen LogP contribution in [0.25, 0.3) is 0 Å². The fourth-order valence-corrected chi connectivity index (χ4v) is 1.82. The minimum absolute atomic E-state index is 0.294. The summed E-state index contributed by atoms with van der Waals surface area (Å²) in [6.07, 6.45) is 4.62. The fraction of sp³-hybridized carbons (Fsp3) is 0.818. The molecule has 17 heavy (non-hydrogen) atoms. The van der Waals surface area contributed by atoms with Gasteiger partial charge in [0.2, 0.25) is 5.91 Å². The maximum atomic E-state index is 11.3. The highest BCUT2D eigenvalue weighted by atomic mass is 16.5. The second kappa shape index (κ2) is 7.24. The summed E-state index contributed by atoms with van der Waals surface area (Å²) >= 11 is 0. The average molecular weight is 243 g/mol. The van der Waals surface area contributed by atoms with E-state index >= 15 is 0 Å². The number of nitrogens with two attached hydrogens (primary N) is 1. The van der Waals surface area contributed by atoms with Crippen LogP contribution < -0.4 is 16.4 Å². The standard InChI is InChI=1S/C11H21N3O3/c1-8(10(15)14-11(12)16)13-6-5-9-4-2-3-7-17-9/h8-9,13H,2-7H2,1H3,(H3,12,14,15,16). The molecule has 1 aliphatic rings. The summed E-state index contributed by atoms with van der Waals surface area (Å²) in [5.74, 6) is -0.401. The van der Waals surface area contributed by atoms with Crippen molar-refractivity contribution in [3.05, 3.63) is 0 Å². The molecule has 1 heterocycles. The Morgan fingerprint density at radius 3 is 2.82 bits per heavy atom. The molecule has 4 N–H and O–H groups in total. The number of urea groups is 1. The number of hydrogen-bond donors (Lipinski definition) is 3. The van der Waals surface area contributed by atoms with Crippen molar-refractivity contribution < 1.29 is 14.3 Å². The van der Waals surface area contributed by atoms with Gasteiger partial charge in [0.1, 0.15) is 0 Å². The predicted molar refractivity (Wildman–Crippen MR) is 63.4 cm³/mol. The SMILES string of the molecule is CC(NCCC1CCCCO1)C(=O)NC(N)=O. The first-order chi connectivity index (χ1) is 8.09. The molecule has 0 radical (unpaired) electrons. The molecular weight excluding hydrogens is 222 g/mol. The molecule has 0 aromatic carbocycles. The second-order valence-corrected chi connectivity index (χ2v) is 4.31. The first-order valence-corrected chi connectivity index (χ1v) is 6.05. The summed E-state index contributed by atoms with van der Waals surface area (Å²) in [5, 5.41) is 5.07. The molecule has 0 aromatic heterocycles. The number of carbonyl (C=O) groups excluding carboxylic acids is 2. The van der Waals surface area contributed by atoms with E-state index in [1.807, 2.05) is 5.32 Å². The summed E-state index contributed by atoms with van der Waals surface area (Å²) < 4.78 is 5.57. The molecule has 0 aliphatic carbocycles. The van der Waals surface area contributed by atoms with E-state index in [2.05, 4.69) is 5.32 Å². The third kappa shape index (κ3) is 5.65. The van der Waals surface area contributed by atoms with Crippen LogP contribution >= 0.6 is 0 Å². The van der Waals surface area contributed by atoms with E-state index < -0.39 is 18.0 Å². The van der Waals surface area contributed by atoms with Gasteiger partial charge in [-0.05, 0) is 39.2 Å². The van der Waals surface area contributed by atoms with Gasteiger partial charge in [-0.3, -0.25) is 10.1 Å². The van der Waals surface area contributed by atoms with Crippen LogP contribution in [-0.4, -0.2) is 37.2 Å². The molecule has 6 heteroatoms. The predicted octanol–water partition coefficient (Wildman–Crippen LogP) is 0.119. The molecule has 0 aromatic rings. The molecule has 0 bridgehead atoms. The molecule has 6 nitrogen and oxygen atoms in total. The highest BCUT2D eigenvalue weighted by molar-refractivity contribution is 5.96. The summed E-state index contributed by atoms with van der Waals surface area (Å²) in [6.45, 7) is 3.22. The Labute approximate surface area is 101 Å². The van der Waals surface area contributed by atoms with Crippen molar-refractivity contribution >= 4 is 11.9 Å². The lowest BCUT2D eigenvalue weighted by molar-refractivity contribution is -0.121. The zero-order valence-electron chi connectivity index (χ0n) is 10.2. The van der Waals surface area contributed by atoms with E-state index in [1.54, 1.807) is 6.92 Å². The number of primary amides is 1. The van der Waals surface area contributed by atoms with E-state index in [-0.39, 0.29) is 0 Å². The minimum Gasteiger partial charge on any atom is -0.378 e. The molecule has 1 aliphatic heterocycles. The third-order valence-corrected chi connectivity index (χ3v) is 2.83. The van der Waals surface area contributed by atoms with Crippen LogP contribution in [0.3, 0.4) is 0 Å². The van der Waals surface area contributed by atoms with Gasteiger partial charge < -0.3 is 15.8 Å². The molecule has 0 saturated carbocycles. The highest BCUT2D eigenvalue weighted by Crippen LogP contribution is 2.14. The summed E-state index contributed by atoms with van der Waals surface area (Å²) in [6, 6.07) is -1.25. The van der Waals surface area contributed by atoms with Gasteiger partial charge in [0, 0.05) is 6.61 Å². The van der Waals surface area contributed by atoms with Gasteiger partial charge in [-0.15, -0.1) is 0 Å². The smallest absolute Gasteiger partial charge is 0.318 e. The van der Waals surface area contributed by atoms with Crippen LogP contribution in [0.15, 0.2) is 0 Å². The van der Waals surface area contributed by atoms with Crippen molar-refractivity contribution in [2.75, 3.05) is 13.2 Å². The van der Waals surface area contributed by atoms with Crippen molar-refractivity contribution in [1.82, 2.24) is 10.6 Å². The molecule has 1 rings (SSSR count). The number of amides is 3. The molecule has 3 amide bonds. The fourth-order valence-electron chi connectivity index (χ4n) is 1.82. The highest BCUT2D eigenvalue weighted by Gasteiger charge is 2.16. The van der Waals surface area contributed by atoms with Crippen LogP contribution in [-0.2, 0) is 9.53 Å². The van der Waals surface area contributed by atoms with E-state index in [1.165, 1.54) is 6.42 Å². The number of ether oxygens (including phenoxy) is 1. The van der Waals surface area contributed by atoms with Gasteiger partial charge in [-0.25, -0.2) is 4.79 Å². The number of carbonyl (C=O) groups is 2. The zero-order valence-corrected chi connectivity index (χ0v) is 10.2. The van der Waals surface area contributed by atoms with E-state index in [0.717, 1.165) is 25.9 Å². The maximum Gasteiger partial charge on any atom is 0.318 e. The van der Waals surface area contributed by atoms with Crippen molar-refractivity contribution in [2.24, 2.45) is 5.73 Å². The quantitative estimate of drug-likeness (QED) is 0.639. The van der Waals surface area contributed by atoms with Crippen LogP contribution in [0.2, 0.25) is 0 Å². The van der Waals surface area contributed by atoms with E-state index in [0.29, 0.717) is 12.6 Å². The van der Waals surface area contributed by atoms with Gasteiger partial charge in [0.15, 0.2) is 0 Å². The Balaban J connectivity index is 2.12. The lowest BCUT2D eigenvalue weighted by Crippen LogP contribution is -2.47. The zero-order chi connectivity index (χ0) is 12.7. The Morgan fingerprint density at radius 1 is 1.47 bits per heavy atom. The normalized spacial score (nSPS) is 21.8. The Bertz CT molecular complexity index is 265. The minimum atomic E-state index is -0.820. The molecule has 98 valence electrons. The first-order valence-electron chi connectivity index (χ1n) is 6.05. The molecule has 1 fully saturated rings.